The maximum absolute atomic E-state index is 12.1. The number of carbonyl (C=O) groups is 1. The Kier molecular flexibility index (Phi) is 4.90. The summed E-state index contributed by atoms with van der Waals surface area (Å²) in [7, 11) is 0. The second-order valence-electron chi connectivity index (χ2n) is 5.62. The number of aromatic nitrogens is 2. The number of rotatable bonds is 6. The van der Waals surface area contributed by atoms with Crippen molar-refractivity contribution in [1.29, 1.82) is 0 Å². The Morgan fingerprint density at radius 3 is 3.05 bits per heavy atom. The van der Waals surface area contributed by atoms with Gasteiger partial charge in [0.05, 0.1) is 12.1 Å². The molecule has 5 nitrogen and oxygen atoms in total. The van der Waals surface area contributed by atoms with Gasteiger partial charge in [-0.05, 0) is 38.1 Å². The summed E-state index contributed by atoms with van der Waals surface area (Å²) >= 11 is 1.56. The van der Waals surface area contributed by atoms with Gasteiger partial charge in [-0.15, -0.1) is 11.3 Å². The Bertz CT molecular complexity index is 607. The lowest BCUT2D eigenvalue weighted by Crippen LogP contribution is -2.40. The summed E-state index contributed by atoms with van der Waals surface area (Å²) in [5, 5.41) is 5.92. The number of likely N-dealkylation sites (tertiary alicyclic amines) is 1. The van der Waals surface area contributed by atoms with Gasteiger partial charge < -0.3 is 9.88 Å². The number of nitrogens with one attached hydrogen (secondary N) is 1. The first-order valence-electron chi connectivity index (χ1n) is 7.84. The first-order valence-corrected chi connectivity index (χ1v) is 8.72. The van der Waals surface area contributed by atoms with Gasteiger partial charge in [0.2, 0.25) is 5.91 Å². The minimum absolute atomic E-state index is 0.0623. The van der Waals surface area contributed by atoms with Crippen LogP contribution in [0.15, 0.2) is 29.9 Å². The molecular weight excluding hydrogens is 296 g/mol. The van der Waals surface area contributed by atoms with Gasteiger partial charge in [-0.25, -0.2) is 4.98 Å². The molecule has 0 aliphatic carbocycles. The van der Waals surface area contributed by atoms with E-state index >= 15 is 0 Å². The lowest BCUT2D eigenvalue weighted by molar-refractivity contribution is -0.120. The van der Waals surface area contributed by atoms with E-state index in [0.29, 0.717) is 12.5 Å². The SMILES string of the molecule is CCN1CCC[C@H]1CNC(=O)Cc1csc(-n2cccc2)n1. The maximum Gasteiger partial charge on any atom is 0.226 e. The van der Waals surface area contributed by atoms with E-state index in [0.717, 1.165) is 30.5 Å². The molecule has 1 fully saturated rings. The van der Waals surface area contributed by atoms with Crippen LogP contribution < -0.4 is 5.32 Å². The predicted molar refractivity (Wildman–Crippen MR) is 88.4 cm³/mol. The molecule has 0 bridgehead atoms. The van der Waals surface area contributed by atoms with Gasteiger partial charge in [0, 0.05) is 30.4 Å². The molecule has 22 heavy (non-hydrogen) atoms. The number of likely N-dealkylation sites (N-methyl/N-ethyl adjacent to an activating group) is 1. The highest BCUT2D eigenvalue weighted by molar-refractivity contribution is 7.12. The maximum atomic E-state index is 12.1. The quantitative estimate of drug-likeness (QED) is 0.887. The van der Waals surface area contributed by atoms with E-state index in [-0.39, 0.29) is 5.91 Å². The number of nitrogens with zero attached hydrogens (tertiary/aromatic N) is 3. The number of amides is 1. The molecule has 1 aliphatic rings. The molecule has 3 heterocycles. The van der Waals surface area contributed by atoms with Crippen molar-refractivity contribution >= 4 is 17.2 Å². The van der Waals surface area contributed by atoms with Crippen LogP contribution >= 0.6 is 11.3 Å². The van der Waals surface area contributed by atoms with Crippen LogP contribution in [0.5, 0.6) is 0 Å². The molecule has 1 atom stereocenters. The highest BCUT2D eigenvalue weighted by Crippen LogP contribution is 2.17. The predicted octanol–water partition coefficient (Wildman–Crippen LogP) is 2.08. The summed E-state index contributed by atoms with van der Waals surface area (Å²) in [5.41, 5.74) is 0.838. The number of carbonyl (C=O) groups excluding carboxylic acids is 1. The minimum atomic E-state index is 0.0623. The van der Waals surface area contributed by atoms with Crippen LogP contribution in [0.1, 0.15) is 25.5 Å². The molecule has 0 radical (unpaired) electrons. The molecule has 1 aliphatic heterocycles. The molecule has 1 N–H and O–H groups in total. The third-order valence-electron chi connectivity index (χ3n) is 4.15. The molecule has 3 rings (SSSR count). The first-order chi connectivity index (χ1) is 10.8. The van der Waals surface area contributed by atoms with E-state index in [4.69, 9.17) is 0 Å². The van der Waals surface area contributed by atoms with Crippen LogP contribution in [-0.2, 0) is 11.2 Å². The summed E-state index contributed by atoms with van der Waals surface area (Å²) in [6, 6.07) is 4.43. The topological polar surface area (TPSA) is 50.2 Å². The average Bonchev–Trinajstić information content (AvgIpc) is 3.25. The minimum Gasteiger partial charge on any atom is -0.354 e. The highest BCUT2D eigenvalue weighted by atomic mass is 32.1. The van der Waals surface area contributed by atoms with E-state index in [9.17, 15) is 4.79 Å². The molecule has 6 heteroatoms. The van der Waals surface area contributed by atoms with Crippen LogP contribution in [0.3, 0.4) is 0 Å². The Hall–Kier alpha value is -1.66. The Morgan fingerprint density at radius 1 is 1.45 bits per heavy atom. The van der Waals surface area contributed by atoms with E-state index in [1.807, 2.05) is 34.5 Å². The van der Waals surface area contributed by atoms with Crippen molar-refractivity contribution in [3.63, 3.8) is 0 Å². The van der Waals surface area contributed by atoms with Gasteiger partial charge in [0.1, 0.15) is 0 Å². The highest BCUT2D eigenvalue weighted by Gasteiger charge is 2.23. The fourth-order valence-corrected chi connectivity index (χ4v) is 3.75. The van der Waals surface area contributed by atoms with Gasteiger partial charge in [-0.3, -0.25) is 9.69 Å². The molecule has 0 spiro atoms. The largest absolute Gasteiger partial charge is 0.354 e. The van der Waals surface area contributed by atoms with Crippen LogP contribution in [0.25, 0.3) is 5.13 Å². The summed E-state index contributed by atoms with van der Waals surface area (Å²) in [6.07, 6.45) is 6.70. The third kappa shape index (κ3) is 3.56. The normalized spacial score (nSPS) is 18.7. The summed E-state index contributed by atoms with van der Waals surface area (Å²) in [6.45, 7) is 5.15. The average molecular weight is 318 g/mol. The first kappa shape index (κ1) is 15.2. The van der Waals surface area contributed by atoms with Gasteiger partial charge in [0.15, 0.2) is 5.13 Å². The zero-order valence-electron chi connectivity index (χ0n) is 12.9. The second kappa shape index (κ2) is 7.07. The van der Waals surface area contributed by atoms with E-state index in [1.54, 1.807) is 11.3 Å². The zero-order chi connectivity index (χ0) is 15.4. The van der Waals surface area contributed by atoms with Crippen molar-refractivity contribution in [2.75, 3.05) is 19.6 Å². The van der Waals surface area contributed by atoms with Crippen molar-refractivity contribution in [2.45, 2.75) is 32.2 Å². The Labute approximate surface area is 135 Å². The standard InChI is InChI=1S/C16H22N4OS/c1-2-19-9-5-6-14(19)11-17-15(21)10-13-12-22-16(18-13)20-7-3-4-8-20/h3-4,7-8,12,14H,2,5-6,9-11H2,1H3,(H,17,21)/t14-/m0/s1. The lowest BCUT2D eigenvalue weighted by Gasteiger charge is -2.22. The number of hydrogen-bond donors (Lipinski definition) is 1. The molecular formula is C16H22N4OS. The zero-order valence-corrected chi connectivity index (χ0v) is 13.7. The van der Waals surface area contributed by atoms with E-state index in [2.05, 4.69) is 22.1 Å². The molecule has 2 aromatic heterocycles. The number of thiazole rings is 1. The van der Waals surface area contributed by atoms with Crippen LogP contribution in [-0.4, -0.2) is 46.0 Å². The molecule has 1 saturated heterocycles. The van der Waals surface area contributed by atoms with Crippen molar-refractivity contribution in [3.05, 3.63) is 35.6 Å². The van der Waals surface area contributed by atoms with E-state index < -0.39 is 0 Å². The van der Waals surface area contributed by atoms with Gasteiger partial charge in [0.25, 0.3) is 0 Å². The second-order valence-corrected chi connectivity index (χ2v) is 6.45. The fraction of sp³-hybridized carbons (Fsp3) is 0.500. The Morgan fingerprint density at radius 2 is 2.27 bits per heavy atom. The van der Waals surface area contributed by atoms with Crippen molar-refractivity contribution in [3.8, 4) is 5.13 Å². The molecule has 0 saturated carbocycles. The molecule has 0 unspecified atom stereocenters. The van der Waals surface area contributed by atoms with Crippen molar-refractivity contribution in [2.24, 2.45) is 0 Å². The third-order valence-corrected chi connectivity index (χ3v) is 5.05. The lowest BCUT2D eigenvalue weighted by atomic mass is 10.2. The molecule has 2 aromatic rings. The van der Waals surface area contributed by atoms with Gasteiger partial charge in [-0.1, -0.05) is 6.92 Å². The van der Waals surface area contributed by atoms with Gasteiger partial charge >= 0.3 is 0 Å². The summed E-state index contributed by atoms with van der Waals surface area (Å²) in [4.78, 5) is 19.0. The fourth-order valence-electron chi connectivity index (χ4n) is 2.96. The van der Waals surface area contributed by atoms with Crippen molar-refractivity contribution < 1.29 is 4.79 Å². The van der Waals surface area contributed by atoms with Gasteiger partial charge in [-0.2, -0.15) is 0 Å². The summed E-state index contributed by atoms with van der Waals surface area (Å²) < 4.78 is 1.96. The molecule has 1 amide bonds. The van der Waals surface area contributed by atoms with E-state index in [1.165, 1.54) is 12.8 Å². The smallest absolute Gasteiger partial charge is 0.226 e. The number of hydrogen-bond acceptors (Lipinski definition) is 4. The van der Waals surface area contributed by atoms with Crippen LogP contribution in [0.2, 0.25) is 0 Å². The molecule has 118 valence electrons. The van der Waals surface area contributed by atoms with Crippen LogP contribution in [0, 0.1) is 0 Å². The van der Waals surface area contributed by atoms with Crippen LogP contribution in [0.4, 0.5) is 0 Å². The molecule has 0 aromatic carbocycles. The Balaban J connectivity index is 1.50. The summed E-state index contributed by atoms with van der Waals surface area (Å²) in [5.74, 6) is 0.0623. The monoisotopic (exact) mass is 318 g/mol. The van der Waals surface area contributed by atoms with Crippen molar-refractivity contribution in [1.82, 2.24) is 19.8 Å².